The molecule has 24 heavy (non-hydrogen) atoms. The molecule has 0 bridgehead atoms. The molecule has 1 amide bonds. The molecule has 0 radical (unpaired) electrons. The van der Waals surface area contributed by atoms with Crippen molar-refractivity contribution in [3.8, 4) is 0 Å². The first-order chi connectivity index (χ1) is 11.7. The van der Waals surface area contributed by atoms with Crippen LogP contribution in [0, 0.1) is 5.92 Å². The summed E-state index contributed by atoms with van der Waals surface area (Å²) in [6.07, 6.45) is 11.9. The molecule has 3 heterocycles. The second-order valence-electron chi connectivity index (χ2n) is 7.26. The Morgan fingerprint density at radius 3 is 2.62 bits per heavy atom. The number of likely N-dealkylation sites (tertiary alicyclic amines) is 1. The highest BCUT2D eigenvalue weighted by Gasteiger charge is 2.25. The van der Waals surface area contributed by atoms with Crippen LogP contribution in [0.4, 0.5) is 0 Å². The van der Waals surface area contributed by atoms with Gasteiger partial charge in [-0.05, 0) is 37.7 Å². The first-order valence-corrected chi connectivity index (χ1v) is 9.95. The van der Waals surface area contributed by atoms with Crippen LogP contribution in [0.25, 0.3) is 10.1 Å². The van der Waals surface area contributed by atoms with Crippen LogP contribution in [0.5, 0.6) is 0 Å². The zero-order valence-corrected chi connectivity index (χ0v) is 15.2. The monoisotopic (exact) mass is 346 g/mol. The Morgan fingerprint density at radius 2 is 1.96 bits per heavy atom. The molecule has 0 N–H and O–H groups in total. The molecule has 1 aliphatic carbocycles. The molecule has 0 spiro atoms. The van der Waals surface area contributed by atoms with Crippen LogP contribution in [0.1, 0.15) is 54.2 Å². The Bertz CT molecular complexity index is 675. The summed E-state index contributed by atoms with van der Waals surface area (Å²) in [5.41, 5.74) is 0. The quantitative estimate of drug-likeness (QED) is 0.826. The third kappa shape index (κ3) is 3.11. The average Bonchev–Trinajstić information content (AvgIpc) is 3.30. The third-order valence-corrected chi connectivity index (χ3v) is 6.68. The van der Waals surface area contributed by atoms with Gasteiger partial charge in [-0.2, -0.15) is 0 Å². The van der Waals surface area contributed by atoms with Crippen LogP contribution >= 0.6 is 11.3 Å². The molecular formula is C19H26N2O2S. The van der Waals surface area contributed by atoms with E-state index in [9.17, 15) is 4.79 Å². The van der Waals surface area contributed by atoms with Crippen molar-refractivity contribution >= 4 is 27.3 Å². The summed E-state index contributed by atoms with van der Waals surface area (Å²) in [5, 5.41) is 1.23. The number of hydrogen-bond donors (Lipinski definition) is 0. The number of carbonyl (C=O) groups is 1. The maximum Gasteiger partial charge on any atom is 0.263 e. The van der Waals surface area contributed by atoms with E-state index in [1.807, 2.05) is 4.90 Å². The normalized spacial score (nSPS) is 20.3. The fourth-order valence-corrected chi connectivity index (χ4v) is 5.21. The predicted molar refractivity (Wildman–Crippen MR) is 97.8 cm³/mol. The van der Waals surface area contributed by atoms with E-state index in [0.717, 1.165) is 37.4 Å². The van der Waals surface area contributed by atoms with Crippen molar-refractivity contribution in [2.24, 2.45) is 5.92 Å². The molecule has 5 heteroatoms. The SMILES string of the molecule is COCC1CCN(C(=O)c2cc3cn(C4CCCC4)cc3s2)CC1. The Hall–Kier alpha value is -1.33. The summed E-state index contributed by atoms with van der Waals surface area (Å²) >= 11 is 1.65. The molecule has 4 rings (SSSR count). The van der Waals surface area contributed by atoms with Crippen molar-refractivity contribution in [1.82, 2.24) is 9.47 Å². The van der Waals surface area contributed by atoms with E-state index in [2.05, 4.69) is 23.0 Å². The van der Waals surface area contributed by atoms with Crippen molar-refractivity contribution in [2.75, 3.05) is 26.8 Å². The molecular weight excluding hydrogens is 320 g/mol. The van der Waals surface area contributed by atoms with Gasteiger partial charge in [0.1, 0.15) is 0 Å². The first kappa shape index (κ1) is 16.2. The number of piperidine rings is 1. The van der Waals surface area contributed by atoms with Crippen molar-refractivity contribution in [3.05, 3.63) is 23.3 Å². The minimum atomic E-state index is 0.208. The summed E-state index contributed by atoms with van der Waals surface area (Å²) < 4.78 is 8.86. The molecule has 2 aromatic heterocycles. The van der Waals surface area contributed by atoms with E-state index in [1.54, 1.807) is 18.4 Å². The van der Waals surface area contributed by atoms with Crippen molar-refractivity contribution < 1.29 is 9.53 Å². The van der Waals surface area contributed by atoms with Crippen LogP contribution in [-0.2, 0) is 4.74 Å². The number of aromatic nitrogens is 1. The lowest BCUT2D eigenvalue weighted by atomic mass is 9.98. The molecule has 0 atom stereocenters. The van der Waals surface area contributed by atoms with Gasteiger partial charge in [-0.25, -0.2) is 0 Å². The Kier molecular flexibility index (Phi) is 4.63. The van der Waals surface area contributed by atoms with Crippen molar-refractivity contribution in [1.29, 1.82) is 0 Å². The number of hydrogen-bond acceptors (Lipinski definition) is 3. The first-order valence-electron chi connectivity index (χ1n) is 9.14. The highest BCUT2D eigenvalue weighted by Crippen LogP contribution is 2.34. The van der Waals surface area contributed by atoms with Crippen molar-refractivity contribution in [3.63, 3.8) is 0 Å². The number of ether oxygens (including phenoxy) is 1. The van der Waals surface area contributed by atoms with Crippen molar-refractivity contribution in [2.45, 2.75) is 44.6 Å². The zero-order chi connectivity index (χ0) is 16.5. The van der Waals surface area contributed by atoms with Crippen LogP contribution in [0.3, 0.4) is 0 Å². The van der Waals surface area contributed by atoms with Gasteiger partial charge in [0.05, 0.1) is 9.58 Å². The van der Waals surface area contributed by atoms with E-state index >= 15 is 0 Å². The Labute approximate surface area is 147 Å². The van der Waals surface area contributed by atoms with E-state index in [4.69, 9.17) is 4.74 Å². The standard InChI is InChI=1S/C19H26N2O2S/c1-23-13-14-6-8-20(9-7-14)19(22)17-10-15-11-21(12-18(15)24-17)16-4-2-3-5-16/h10-12,14,16H,2-9,13H2,1H3. The van der Waals surface area contributed by atoms with Gasteiger partial charge >= 0.3 is 0 Å². The minimum absolute atomic E-state index is 0.208. The third-order valence-electron chi connectivity index (χ3n) is 5.61. The lowest BCUT2D eigenvalue weighted by molar-refractivity contribution is 0.0618. The fraction of sp³-hybridized carbons (Fsp3) is 0.632. The summed E-state index contributed by atoms with van der Waals surface area (Å²) in [4.78, 5) is 15.7. The van der Waals surface area contributed by atoms with Gasteiger partial charge in [0.15, 0.2) is 0 Å². The number of amides is 1. The molecule has 0 aromatic carbocycles. The predicted octanol–water partition coefficient (Wildman–Crippen LogP) is 4.32. The Morgan fingerprint density at radius 1 is 1.21 bits per heavy atom. The number of methoxy groups -OCH3 is 1. The van der Waals surface area contributed by atoms with Gasteiger partial charge in [-0.15, -0.1) is 11.3 Å². The van der Waals surface area contributed by atoms with Gasteiger partial charge in [0, 0.05) is 50.6 Å². The maximum absolute atomic E-state index is 12.8. The summed E-state index contributed by atoms with van der Waals surface area (Å²) in [6.45, 7) is 2.53. The summed E-state index contributed by atoms with van der Waals surface area (Å²) in [6, 6.07) is 2.76. The topological polar surface area (TPSA) is 34.5 Å². The fourth-order valence-electron chi connectivity index (χ4n) is 4.17. The van der Waals surface area contributed by atoms with Gasteiger partial charge < -0.3 is 14.2 Å². The molecule has 1 saturated heterocycles. The van der Waals surface area contributed by atoms with Crippen LogP contribution in [0.2, 0.25) is 0 Å². The average molecular weight is 346 g/mol. The minimum Gasteiger partial charge on any atom is -0.384 e. The molecule has 130 valence electrons. The van der Waals surface area contributed by atoms with Crippen LogP contribution in [-0.4, -0.2) is 42.2 Å². The van der Waals surface area contributed by atoms with E-state index < -0.39 is 0 Å². The molecule has 2 fully saturated rings. The molecule has 1 saturated carbocycles. The molecule has 0 unspecified atom stereocenters. The molecule has 2 aromatic rings. The lowest BCUT2D eigenvalue weighted by Crippen LogP contribution is -2.39. The lowest BCUT2D eigenvalue weighted by Gasteiger charge is -2.31. The highest BCUT2D eigenvalue weighted by molar-refractivity contribution is 7.20. The van der Waals surface area contributed by atoms with E-state index in [-0.39, 0.29) is 5.91 Å². The highest BCUT2D eigenvalue weighted by atomic mass is 32.1. The summed E-state index contributed by atoms with van der Waals surface area (Å²) in [5.74, 6) is 0.813. The number of thiophene rings is 1. The number of carbonyl (C=O) groups excluding carboxylic acids is 1. The number of fused-ring (bicyclic) bond motifs is 1. The number of rotatable bonds is 4. The van der Waals surface area contributed by atoms with Gasteiger partial charge in [0.2, 0.25) is 0 Å². The maximum atomic E-state index is 12.8. The molecule has 2 aliphatic rings. The van der Waals surface area contributed by atoms with E-state index in [1.165, 1.54) is 35.8 Å². The molecule has 4 nitrogen and oxygen atoms in total. The van der Waals surface area contributed by atoms with E-state index in [0.29, 0.717) is 12.0 Å². The van der Waals surface area contributed by atoms with Gasteiger partial charge in [0.25, 0.3) is 5.91 Å². The Balaban J connectivity index is 1.44. The summed E-state index contributed by atoms with van der Waals surface area (Å²) in [7, 11) is 1.76. The van der Waals surface area contributed by atoms with Gasteiger partial charge in [-0.1, -0.05) is 12.8 Å². The zero-order valence-electron chi connectivity index (χ0n) is 14.4. The van der Waals surface area contributed by atoms with Crippen LogP contribution < -0.4 is 0 Å². The second-order valence-corrected chi connectivity index (χ2v) is 8.35. The smallest absolute Gasteiger partial charge is 0.263 e. The van der Waals surface area contributed by atoms with Gasteiger partial charge in [-0.3, -0.25) is 4.79 Å². The number of nitrogens with zero attached hydrogens (tertiary/aromatic N) is 2. The largest absolute Gasteiger partial charge is 0.384 e. The molecule has 1 aliphatic heterocycles. The van der Waals surface area contributed by atoms with Crippen LogP contribution in [0.15, 0.2) is 18.5 Å². The second kappa shape index (κ2) is 6.89.